The van der Waals surface area contributed by atoms with Gasteiger partial charge in [-0.15, -0.1) is 11.6 Å². The van der Waals surface area contributed by atoms with E-state index in [1.807, 2.05) is 39.0 Å². The fraction of sp³-hybridized carbons (Fsp3) is 0.500. The zero-order valence-electron chi connectivity index (χ0n) is 11.4. The van der Waals surface area contributed by atoms with E-state index < -0.39 is 0 Å². The summed E-state index contributed by atoms with van der Waals surface area (Å²) in [6.07, 6.45) is 0. The van der Waals surface area contributed by atoms with E-state index in [2.05, 4.69) is 0 Å². The van der Waals surface area contributed by atoms with Gasteiger partial charge in [-0.3, -0.25) is 4.79 Å². The first-order chi connectivity index (χ1) is 8.52. The standard InChI is InChI=1S/C14H20ClNO2/c1-10-6-5-7-13(12(10)3)16(14(17)8-15)11(2)9-18-4/h5-7,11H,8-9H2,1-4H3. The molecular weight excluding hydrogens is 250 g/mol. The predicted molar refractivity (Wildman–Crippen MR) is 75.5 cm³/mol. The first-order valence-electron chi connectivity index (χ1n) is 5.96. The van der Waals surface area contributed by atoms with Gasteiger partial charge in [-0.1, -0.05) is 12.1 Å². The molecule has 3 nitrogen and oxygen atoms in total. The number of alkyl halides is 1. The first kappa shape index (κ1) is 15.0. The molecule has 0 saturated heterocycles. The first-order valence-corrected chi connectivity index (χ1v) is 6.49. The third-order valence-corrected chi connectivity index (χ3v) is 3.30. The molecule has 0 bridgehead atoms. The number of amides is 1. The number of carbonyl (C=O) groups excluding carboxylic acids is 1. The molecule has 0 aromatic heterocycles. The second kappa shape index (κ2) is 6.76. The number of anilines is 1. The Hall–Kier alpha value is -1.06. The Morgan fingerprint density at radius 3 is 2.67 bits per heavy atom. The summed E-state index contributed by atoms with van der Waals surface area (Å²) in [7, 11) is 1.63. The predicted octanol–water partition coefficient (Wildman–Crippen LogP) is 2.91. The van der Waals surface area contributed by atoms with Crippen LogP contribution in [0.15, 0.2) is 18.2 Å². The molecule has 0 aliphatic rings. The molecule has 0 radical (unpaired) electrons. The summed E-state index contributed by atoms with van der Waals surface area (Å²) in [6.45, 7) is 6.48. The molecule has 1 aromatic carbocycles. The fourth-order valence-electron chi connectivity index (χ4n) is 1.99. The van der Waals surface area contributed by atoms with Crippen LogP contribution >= 0.6 is 11.6 Å². The number of hydrogen-bond donors (Lipinski definition) is 0. The lowest BCUT2D eigenvalue weighted by atomic mass is 10.1. The lowest BCUT2D eigenvalue weighted by Gasteiger charge is -2.30. The number of aryl methyl sites for hydroxylation is 1. The quantitative estimate of drug-likeness (QED) is 0.770. The Labute approximate surface area is 114 Å². The Bertz CT molecular complexity index is 420. The van der Waals surface area contributed by atoms with Gasteiger partial charge < -0.3 is 9.64 Å². The molecule has 0 aliphatic heterocycles. The van der Waals surface area contributed by atoms with Crippen molar-refractivity contribution in [2.24, 2.45) is 0 Å². The second-order valence-corrected chi connectivity index (χ2v) is 4.69. The van der Waals surface area contributed by atoms with Crippen molar-refractivity contribution in [3.05, 3.63) is 29.3 Å². The molecule has 100 valence electrons. The van der Waals surface area contributed by atoms with Gasteiger partial charge in [-0.05, 0) is 38.0 Å². The zero-order valence-corrected chi connectivity index (χ0v) is 12.1. The summed E-state index contributed by atoms with van der Waals surface area (Å²) in [5.41, 5.74) is 3.16. The van der Waals surface area contributed by atoms with Crippen molar-refractivity contribution in [2.75, 3.05) is 24.5 Å². The minimum Gasteiger partial charge on any atom is -0.383 e. The highest BCUT2D eigenvalue weighted by Crippen LogP contribution is 2.25. The second-order valence-electron chi connectivity index (χ2n) is 4.42. The van der Waals surface area contributed by atoms with Crippen molar-refractivity contribution >= 4 is 23.2 Å². The van der Waals surface area contributed by atoms with Gasteiger partial charge in [0.05, 0.1) is 12.6 Å². The molecule has 4 heteroatoms. The van der Waals surface area contributed by atoms with E-state index in [-0.39, 0.29) is 17.8 Å². The van der Waals surface area contributed by atoms with Crippen LogP contribution < -0.4 is 4.90 Å². The number of carbonyl (C=O) groups is 1. The van der Waals surface area contributed by atoms with Gasteiger partial charge in [0.1, 0.15) is 5.88 Å². The molecule has 0 saturated carbocycles. The molecule has 18 heavy (non-hydrogen) atoms. The Morgan fingerprint density at radius 2 is 2.11 bits per heavy atom. The van der Waals surface area contributed by atoms with Crippen molar-refractivity contribution in [3.8, 4) is 0 Å². The largest absolute Gasteiger partial charge is 0.383 e. The van der Waals surface area contributed by atoms with Gasteiger partial charge in [0.25, 0.3) is 0 Å². The van der Waals surface area contributed by atoms with Crippen LogP contribution in [0.25, 0.3) is 0 Å². The molecule has 0 N–H and O–H groups in total. The lowest BCUT2D eigenvalue weighted by molar-refractivity contribution is -0.116. The van der Waals surface area contributed by atoms with Gasteiger partial charge in [-0.2, -0.15) is 0 Å². The number of methoxy groups -OCH3 is 1. The van der Waals surface area contributed by atoms with Crippen molar-refractivity contribution in [1.29, 1.82) is 0 Å². The highest BCUT2D eigenvalue weighted by atomic mass is 35.5. The van der Waals surface area contributed by atoms with E-state index in [1.165, 1.54) is 0 Å². The lowest BCUT2D eigenvalue weighted by Crippen LogP contribution is -2.42. The minimum atomic E-state index is -0.102. The zero-order chi connectivity index (χ0) is 13.7. The van der Waals surface area contributed by atoms with E-state index in [1.54, 1.807) is 12.0 Å². The molecule has 1 unspecified atom stereocenters. The molecule has 0 heterocycles. The van der Waals surface area contributed by atoms with Gasteiger partial charge in [0, 0.05) is 12.8 Å². The smallest absolute Gasteiger partial charge is 0.242 e. The van der Waals surface area contributed by atoms with Crippen LogP contribution in [-0.2, 0) is 9.53 Å². The van der Waals surface area contributed by atoms with E-state index in [0.29, 0.717) is 6.61 Å². The van der Waals surface area contributed by atoms with Crippen LogP contribution in [0.2, 0.25) is 0 Å². The topological polar surface area (TPSA) is 29.5 Å². The summed E-state index contributed by atoms with van der Waals surface area (Å²) < 4.78 is 5.13. The third-order valence-electron chi connectivity index (χ3n) is 3.07. The van der Waals surface area contributed by atoms with Crippen molar-refractivity contribution in [1.82, 2.24) is 0 Å². The minimum absolute atomic E-state index is 0.0264. The maximum absolute atomic E-state index is 12.0. The summed E-state index contributed by atoms with van der Waals surface area (Å²) in [5, 5.41) is 0. The fourth-order valence-corrected chi connectivity index (χ4v) is 2.12. The number of halogens is 1. The van der Waals surface area contributed by atoms with E-state index in [9.17, 15) is 4.79 Å². The molecule has 0 fully saturated rings. The molecule has 0 aliphatic carbocycles. The SMILES string of the molecule is COCC(C)N(C(=O)CCl)c1cccc(C)c1C. The Kier molecular flexibility index (Phi) is 5.63. The van der Waals surface area contributed by atoms with Crippen LogP contribution in [0.5, 0.6) is 0 Å². The van der Waals surface area contributed by atoms with Crippen LogP contribution in [0, 0.1) is 13.8 Å². The third kappa shape index (κ3) is 3.24. The summed E-state index contributed by atoms with van der Waals surface area (Å²) >= 11 is 5.70. The normalized spacial score (nSPS) is 12.3. The van der Waals surface area contributed by atoms with Crippen LogP contribution in [0.1, 0.15) is 18.1 Å². The summed E-state index contributed by atoms with van der Waals surface area (Å²) in [4.78, 5) is 13.8. The van der Waals surface area contributed by atoms with Gasteiger partial charge in [0.15, 0.2) is 0 Å². The van der Waals surface area contributed by atoms with E-state index >= 15 is 0 Å². The van der Waals surface area contributed by atoms with Crippen molar-refractivity contribution in [3.63, 3.8) is 0 Å². The molecule has 1 amide bonds. The molecule has 1 aromatic rings. The van der Waals surface area contributed by atoms with Crippen LogP contribution in [0.4, 0.5) is 5.69 Å². The van der Waals surface area contributed by atoms with Crippen LogP contribution in [-0.4, -0.2) is 31.5 Å². The van der Waals surface area contributed by atoms with Gasteiger partial charge in [0.2, 0.25) is 5.91 Å². The molecule has 0 spiro atoms. The monoisotopic (exact) mass is 269 g/mol. The average molecular weight is 270 g/mol. The van der Waals surface area contributed by atoms with Crippen molar-refractivity contribution in [2.45, 2.75) is 26.8 Å². The maximum atomic E-state index is 12.0. The maximum Gasteiger partial charge on any atom is 0.242 e. The van der Waals surface area contributed by atoms with E-state index in [4.69, 9.17) is 16.3 Å². The molecule has 1 rings (SSSR count). The number of nitrogens with zero attached hydrogens (tertiary/aromatic N) is 1. The summed E-state index contributed by atoms with van der Waals surface area (Å²) in [6, 6.07) is 5.88. The number of ether oxygens (including phenoxy) is 1. The highest BCUT2D eigenvalue weighted by molar-refractivity contribution is 6.29. The number of benzene rings is 1. The van der Waals surface area contributed by atoms with Crippen LogP contribution in [0.3, 0.4) is 0 Å². The van der Waals surface area contributed by atoms with Gasteiger partial charge >= 0.3 is 0 Å². The highest BCUT2D eigenvalue weighted by Gasteiger charge is 2.22. The average Bonchev–Trinajstić information content (AvgIpc) is 2.35. The van der Waals surface area contributed by atoms with Gasteiger partial charge in [-0.25, -0.2) is 0 Å². The van der Waals surface area contributed by atoms with E-state index in [0.717, 1.165) is 16.8 Å². The molecular formula is C14H20ClNO2. The van der Waals surface area contributed by atoms with Crippen molar-refractivity contribution < 1.29 is 9.53 Å². The molecule has 1 atom stereocenters. The Morgan fingerprint density at radius 1 is 1.44 bits per heavy atom. The number of rotatable bonds is 5. The Balaban J connectivity index is 3.17. The summed E-state index contributed by atoms with van der Waals surface area (Å²) in [5.74, 6) is -0.128. The number of hydrogen-bond acceptors (Lipinski definition) is 2.